The van der Waals surface area contributed by atoms with Crippen molar-refractivity contribution in [2.24, 2.45) is 5.73 Å². The van der Waals surface area contributed by atoms with Gasteiger partial charge in [0.1, 0.15) is 22.2 Å². The van der Waals surface area contributed by atoms with Gasteiger partial charge in [-0.1, -0.05) is 18.2 Å². The van der Waals surface area contributed by atoms with Crippen LogP contribution in [0.3, 0.4) is 0 Å². The molecule has 0 unspecified atom stereocenters. The first-order chi connectivity index (χ1) is 18.5. The van der Waals surface area contributed by atoms with Crippen molar-refractivity contribution in [3.63, 3.8) is 0 Å². The van der Waals surface area contributed by atoms with E-state index in [1.54, 1.807) is 47.4 Å². The number of para-hydroxylation sites is 1. The number of thiazole rings is 1. The average Bonchev–Trinajstić information content (AvgIpc) is 3.51. The number of nitrogens with zero attached hydrogens (tertiary/aromatic N) is 5. The van der Waals surface area contributed by atoms with E-state index < -0.39 is 11.5 Å². The molecule has 5 aromatic rings. The summed E-state index contributed by atoms with van der Waals surface area (Å²) in [5.41, 5.74) is 8.12. The van der Waals surface area contributed by atoms with E-state index in [-0.39, 0.29) is 10.2 Å². The summed E-state index contributed by atoms with van der Waals surface area (Å²) >= 11 is 1.01. The zero-order valence-corrected chi connectivity index (χ0v) is 20.9. The van der Waals surface area contributed by atoms with Crippen molar-refractivity contribution in [1.82, 2.24) is 19.3 Å². The van der Waals surface area contributed by atoms with E-state index in [4.69, 9.17) is 15.6 Å². The van der Waals surface area contributed by atoms with Crippen LogP contribution in [0, 0.1) is 11.3 Å². The van der Waals surface area contributed by atoms with E-state index in [2.05, 4.69) is 4.98 Å². The molecule has 3 heterocycles. The molecule has 0 radical (unpaired) electrons. The van der Waals surface area contributed by atoms with Crippen molar-refractivity contribution in [2.75, 3.05) is 7.11 Å². The molecular formula is C28H20N6O3S. The van der Waals surface area contributed by atoms with Crippen LogP contribution in [0.2, 0.25) is 0 Å². The number of amides is 1. The monoisotopic (exact) mass is 520 g/mol. The van der Waals surface area contributed by atoms with Crippen LogP contribution in [0.25, 0.3) is 34.3 Å². The minimum atomic E-state index is -0.921. The number of benzene rings is 2. The van der Waals surface area contributed by atoms with Gasteiger partial charge in [0.15, 0.2) is 5.57 Å². The van der Waals surface area contributed by atoms with E-state index in [0.717, 1.165) is 22.6 Å². The summed E-state index contributed by atoms with van der Waals surface area (Å²) < 4.78 is 8.68. The van der Waals surface area contributed by atoms with Crippen LogP contribution >= 0.6 is 11.3 Å². The predicted molar refractivity (Wildman–Crippen MR) is 144 cm³/mol. The highest BCUT2D eigenvalue weighted by molar-refractivity contribution is 7.07. The van der Waals surface area contributed by atoms with E-state index in [0.29, 0.717) is 27.2 Å². The normalized spacial score (nSPS) is 12.2. The third-order valence-electron chi connectivity index (χ3n) is 5.71. The van der Waals surface area contributed by atoms with Crippen molar-refractivity contribution in [2.45, 2.75) is 0 Å². The van der Waals surface area contributed by atoms with Crippen molar-refractivity contribution < 1.29 is 9.53 Å². The van der Waals surface area contributed by atoms with Crippen LogP contribution in [0.5, 0.6) is 5.75 Å². The van der Waals surface area contributed by atoms with Gasteiger partial charge in [-0.2, -0.15) is 10.4 Å². The van der Waals surface area contributed by atoms with Gasteiger partial charge in [0.25, 0.3) is 11.5 Å². The number of hydrogen-bond acceptors (Lipinski definition) is 7. The topological polar surface area (TPSA) is 129 Å². The Morgan fingerprint density at radius 2 is 1.84 bits per heavy atom. The van der Waals surface area contributed by atoms with Crippen LogP contribution in [-0.2, 0) is 4.79 Å². The molecule has 0 aliphatic rings. The smallest absolute Gasteiger partial charge is 0.273 e. The summed E-state index contributed by atoms with van der Waals surface area (Å²) in [6.45, 7) is 0. The van der Waals surface area contributed by atoms with E-state index >= 15 is 0 Å². The fourth-order valence-electron chi connectivity index (χ4n) is 3.90. The summed E-state index contributed by atoms with van der Waals surface area (Å²) in [5.74, 6) is -0.324. The molecule has 0 aliphatic heterocycles. The van der Waals surface area contributed by atoms with E-state index in [1.807, 2.05) is 54.7 Å². The molecule has 0 bridgehead atoms. The average molecular weight is 521 g/mol. The summed E-state index contributed by atoms with van der Waals surface area (Å²) in [6.07, 6.45) is 6.88. The number of carbonyl (C=O) groups is 1. The maximum atomic E-state index is 13.7. The molecule has 0 saturated heterocycles. The first-order valence-electron chi connectivity index (χ1n) is 11.4. The predicted octanol–water partition coefficient (Wildman–Crippen LogP) is 2.14. The second-order valence-electron chi connectivity index (χ2n) is 8.06. The molecular weight excluding hydrogens is 500 g/mol. The molecule has 0 atom stereocenters. The van der Waals surface area contributed by atoms with Gasteiger partial charge in [0.2, 0.25) is 0 Å². The maximum Gasteiger partial charge on any atom is 0.273 e. The molecule has 3 aromatic heterocycles. The zero-order chi connectivity index (χ0) is 26.6. The SMILES string of the molecule is COc1ccc(-n2c(=C(C#N)C(N)=O)sc(=Cc3cn(-c4ccccc4)nc3-c3cccnc3)c2=O)cc1. The van der Waals surface area contributed by atoms with Gasteiger partial charge in [-0.15, -0.1) is 11.3 Å². The van der Waals surface area contributed by atoms with Crippen LogP contribution in [0.4, 0.5) is 0 Å². The number of primary amides is 1. The number of aromatic nitrogens is 4. The summed E-state index contributed by atoms with van der Waals surface area (Å²) in [7, 11) is 1.54. The highest BCUT2D eigenvalue weighted by Crippen LogP contribution is 2.23. The molecule has 0 fully saturated rings. The molecule has 2 aromatic carbocycles. The standard InChI is InChI=1S/C28H20N6O3S/c1-37-22-11-9-21(10-12-22)34-27(36)24(38-28(34)23(15-29)26(30)35)14-19-17-33(20-7-3-2-4-8-20)32-25(19)18-6-5-13-31-16-18/h2-14,16-17H,1H3,(H2,30,35). The molecule has 0 spiro atoms. The molecule has 0 saturated carbocycles. The Hall–Kier alpha value is -5.27. The number of hydrogen-bond donors (Lipinski definition) is 1. The van der Waals surface area contributed by atoms with Crippen molar-refractivity contribution in [3.8, 4) is 34.5 Å². The second-order valence-corrected chi connectivity index (χ2v) is 9.09. The Kier molecular flexibility index (Phi) is 6.67. The quantitative estimate of drug-likeness (QED) is 0.365. The minimum absolute atomic E-state index is 0.139. The third-order valence-corrected chi connectivity index (χ3v) is 6.80. The molecule has 10 heteroatoms. The number of ether oxygens (including phenoxy) is 1. The molecule has 2 N–H and O–H groups in total. The summed E-state index contributed by atoms with van der Waals surface area (Å²) in [4.78, 5) is 30.0. The Balaban J connectivity index is 1.80. The lowest BCUT2D eigenvalue weighted by molar-refractivity contribution is -0.112. The highest BCUT2D eigenvalue weighted by atomic mass is 32.1. The van der Waals surface area contributed by atoms with Crippen LogP contribution in [-0.4, -0.2) is 32.3 Å². The van der Waals surface area contributed by atoms with Gasteiger partial charge in [-0.3, -0.25) is 19.1 Å². The van der Waals surface area contributed by atoms with Crippen molar-refractivity contribution in [1.29, 1.82) is 5.26 Å². The first kappa shape index (κ1) is 24.4. The molecule has 38 heavy (non-hydrogen) atoms. The van der Waals surface area contributed by atoms with Crippen molar-refractivity contribution >= 4 is 28.9 Å². The number of pyridine rings is 1. The van der Waals surface area contributed by atoms with Gasteiger partial charge in [-0.05, 0) is 54.6 Å². The third kappa shape index (κ3) is 4.61. The largest absolute Gasteiger partial charge is 0.497 e. The minimum Gasteiger partial charge on any atom is -0.497 e. The lowest BCUT2D eigenvalue weighted by Gasteiger charge is -2.04. The van der Waals surface area contributed by atoms with Crippen LogP contribution < -0.4 is 25.2 Å². The lowest BCUT2D eigenvalue weighted by Crippen LogP contribution is -2.32. The summed E-state index contributed by atoms with van der Waals surface area (Å²) in [5, 5.41) is 14.4. The molecule has 1 amide bonds. The number of nitrogens with two attached hydrogens (primary N) is 1. The fourth-order valence-corrected chi connectivity index (χ4v) is 5.00. The van der Waals surface area contributed by atoms with Crippen molar-refractivity contribution in [3.05, 3.63) is 110 Å². The highest BCUT2D eigenvalue weighted by Gasteiger charge is 2.17. The number of methoxy groups -OCH3 is 1. The Labute approximate surface area is 220 Å². The van der Waals surface area contributed by atoms with Gasteiger partial charge >= 0.3 is 0 Å². The number of nitriles is 1. The molecule has 186 valence electrons. The molecule has 5 rings (SSSR count). The van der Waals surface area contributed by atoms with Gasteiger partial charge in [0, 0.05) is 29.7 Å². The first-order valence-corrected chi connectivity index (χ1v) is 12.2. The Morgan fingerprint density at radius 1 is 1.08 bits per heavy atom. The molecule has 9 nitrogen and oxygen atoms in total. The van der Waals surface area contributed by atoms with E-state index in [9.17, 15) is 14.9 Å². The van der Waals surface area contributed by atoms with Crippen LogP contribution in [0.15, 0.2) is 90.1 Å². The number of rotatable bonds is 6. The number of carbonyl (C=O) groups excluding carboxylic acids is 1. The van der Waals surface area contributed by atoms with Crippen LogP contribution in [0.1, 0.15) is 5.56 Å². The summed E-state index contributed by atoms with van der Waals surface area (Å²) in [6, 6.07) is 21.8. The second kappa shape index (κ2) is 10.4. The zero-order valence-electron chi connectivity index (χ0n) is 20.1. The maximum absolute atomic E-state index is 13.7. The van der Waals surface area contributed by atoms with E-state index in [1.165, 1.54) is 11.7 Å². The fraction of sp³-hybridized carbons (Fsp3) is 0.0357. The van der Waals surface area contributed by atoms with Gasteiger partial charge in [0.05, 0.1) is 23.0 Å². The Morgan fingerprint density at radius 3 is 2.47 bits per heavy atom. The van der Waals surface area contributed by atoms with Gasteiger partial charge < -0.3 is 10.5 Å². The Bertz CT molecular complexity index is 1850. The lowest BCUT2D eigenvalue weighted by atomic mass is 10.1. The van der Waals surface area contributed by atoms with Gasteiger partial charge in [-0.25, -0.2) is 4.68 Å². The molecule has 0 aliphatic carbocycles.